The monoisotopic (exact) mass is 429 g/mol. The Balaban J connectivity index is 1.35. The average Bonchev–Trinajstić information content (AvgIpc) is 2.78. The lowest BCUT2D eigenvalue weighted by atomic mass is 10.0. The summed E-state index contributed by atoms with van der Waals surface area (Å²) in [4.78, 5) is 5.23. The zero-order chi connectivity index (χ0) is 21.0. The molecule has 2 aliphatic heterocycles. The molecule has 0 saturated carbocycles. The van der Waals surface area contributed by atoms with Gasteiger partial charge >= 0.3 is 0 Å². The summed E-state index contributed by atoms with van der Waals surface area (Å²) in [6.07, 6.45) is 0.768. The van der Waals surface area contributed by atoms with E-state index in [-0.39, 0.29) is 0 Å². The number of piperazine rings is 1. The molecule has 0 radical (unpaired) electrons. The third kappa shape index (κ3) is 4.92. The van der Waals surface area contributed by atoms with Crippen molar-refractivity contribution >= 4 is 10.0 Å². The Kier molecular flexibility index (Phi) is 6.85. The highest BCUT2D eigenvalue weighted by molar-refractivity contribution is 7.89. The number of hydrogen-bond acceptors (Lipinski definition) is 5. The lowest BCUT2D eigenvalue weighted by Gasteiger charge is -2.34. The Bertz CT molecular complexity index is 938. The van der Waals surface area contributed by atoms with Crippen LogP contribution in [0, 0.1) is 0 Å². The summed E-state index contributed by atoms with van der Waals surface area (Å²) < 4.78 is 33.0. The van der Waals surface area contributed by atoms with Gasteiger partial charge in [0, 0.05) is 59.5 Å². The minimum Gasteiger partial charge on any atom is -0.383 e. The number of benzene rings is 2. The first kappa shape index (κ1) is 21.5. The van der Waals surface area contributed by atoms with E-state index < -0.39 is 10.0 Å². The maximum absolute atomic E-state index is 13.1. The minimum absolute atomic E-state index is 0.384. The predicted molar refractivity (Wildman–Crippen MR) is 118 cm³/mol. The van der Waals surface area contributed by atoms with Crippen molar-refractivity contribution in [3.8, 4) is 0 Å². The van der Waals surface area contributed by atoms with Crippen molar-refractivity contribution in [3.05, 3.63) is 65.2 Å². The second-order valence-corrected chi connectivity index (χ2v) is 10.0. The van der Waals surface area contributed by atoms with Gasteiger partial charge in [0.25, 0.3) is 0 Å². The van der Waals surface area contributed by atoms with Crippen molar-refractivity contribution in [1.82, 2.24) is 14.1 Å². The molecule has 0 unspecified atom stereocenters. The standard InChI is InChI=1S/C23H31N3O3S/c1-29-17-16-24-12-14-25(15-13-24)18-20-6-8-23(9-7-20)30(27,28)26-11-10-21-4-2-3-5-22(21)19-26/h2-9H,10-19H2,1H3. The van der Waals surface area contributed by atoms with E-state index in [9.17, 15) is 8.42 Å². The molecule has 2 aliphatic rings. The van der Waals surface area contributed by atoms with Crippen LogP contribution in [-0.2, 0) is 34.3 Å². The highest BCUT2D eigenvalue weighted by Gasteiger charge is 2.28. The van der Waals surface area contributed by atoms with Crippen LogP contribution in [0.25, 0.3) is 0 Å². The van der Waals surface area contributed by atoms with Gasteiger partial charge < -0.3 is 4.74 Å². The molecular weight excluding hydrogens is 398 g/mol. The Morgan fingerprint density at radius 3 is 2.23 bits per heavy atom. The normalized spacial score (nSPS) is 19.0. The summed E-state index contributed by atoms with van der Waals surface area (Å²) in [5, 5.41) is 0. The van der Waals surface area contributed by atoms with E-state index in [0.29, 0.717) is 18.0 Å². The Hall–Kier alpha value is -1.77. The van der Waals surface area contributed by atoms with Crippen molar-refractivity contribution < 1.29 is 13.2 Å². The Morgan fingerprint density at radius 2 is 1.53 bits per heavy atom. The molecule has 0 aliphatic carbocycles. The van der Waals surface area contributed by atoms with Crippen LogP contribution in [-0.4, -0.2) is 75.5 Å². The maximum atomic E-state index is 13.1. The first-order valence-electron chi connectivity index (χ1n) is 10.7. The minimum atomic E-state index is -3.47. The molecule has 0 atom stereocenters. The molecular formula is C23H31N3O3S. The number of nitrogens with zero attached hydrogens (tertiary/aromatic N) is 3. The van der Waals surface area contributed by atoms with Crippen molar-refractivity contribution in [2.45, 2.75) is 24.4 Å². The second-order valence-electron chi connectivity index (χ2n) is 8.11. The second kappa shape index (κ2) is 9.58. The fourth-order valence-electron chi connectivity index (χ4n) is 4.24. The predicted octanol–water partition coefficient (Wildman–Crippen LogP) is 2.20. The van der Waals surface area contributed by atoms with Crippen molar-refractivity contribution in [3.63, 3.8) is 0 Å². The molecule has 1 fully saturated rings. The van der Waals surface area contributed by atoms with E-state index >= 15 is 0 Å². The van der Waals surface area contributed by atoms with Gasteiger partial charge in [-0.3, -0.25) is 9.80 Å². The van der Waals surface area contributed by atoms with Gasteiger partial charge in [0.15, 0.2) is 0 Å². The van der Waals surface area contributed by atoms with E-state index in [1.54, 1.807) is 23.5 Å². The maximum Gasteiger partial charge on any atom is 0.243 e. The fourth-order valence-corrected chi connectivity index (χ4v) is 5.66. The van der Waals surface area contributed by atoms with Crippen LogP contribution in [0.2, 0.25) is 0 Å². The summed E-state index contributed by atoms with van der Waals surface area (Å²) >= 11 is 0. The number of ether oxygens (including phenoxy) is 1. The zero-order valence-electron chi connectivity index (χ0n) is 17.7. The molecule has 0 spiro atoms. The van der Waals surface area contributed by atoms with Crippen LogP contribution in [0.1, 0.15) is 16.7 Å². The molecule has 1 saturated heterocycles. The largest absolute Gasteiger partial charge is 0.383 e. The van der Waals surface area contributed by atoms with Crippen molar-refractivity contribution in [2.24, 2.45) is 0 Å². The Labute approximate surface area is 180 Å². The van der Waals surface area contributed by atoms with E-state index in [1.165, 1.54) is 5.56 Å². The number of hydrogen-bond donors (Lipinski definition) is 0. The van der Waals surface area contributed by atoms with Crippen LogP contribution in [0.5, 0.6) is 0 Å². The molecule has 0 aromatic heterocycles. The zero-order valence-corrected chi connectivity index (χ0v) is 18.5. The number of methoxy groups -OCH3 is 1. The van der Waals surface area contributed by atoms with Gasteiger partial charge in [-0.05, 0) is 35.2 Å². The van der Waals surface area contributed by atoms with Gasteiger partial charge in [0.05, 0.1) is 11.5 Å². The summed E-state index contributed by atoms with van der Waals surface area (Å²) in [7, 11) is -1.73. The topological polar surface area (TPSA) is 53.1 Å². The molecule has 2 aromatic carbocycles. The van der Waals surface area contributed by atoms with Gasteiger partial charge in [-0.2, -0.15) is 4.31 Å². The highest BCUT2D eigenvalue weighted by atomic mass is 32.2. The quantitative estimate of drug-likeness (QED) is 0.675. The van der Waals surface area contributed by atoms with Gasteiger partial charge in [0.1, 0.15) is 0 Å². The highest BCUT2D eigenvalue weighted by Crippen LogP contribution is 2.25. The SMILES string of the molecule is COCCN1CCN(Cc2ccc(S(=O)(=O)N3CCc4ccccc4C3)cc2)CC1. The van der Waals surface area contributed by atoms with Crippen LogP contribution < -0.4 is 0 Å². The smallest absolute Gasteiger partial charge is 0.243 e. The third-order valence-electron chi connectivity index (χ3n) is 6.14. The molecule has 0 bridgehead atoms. The van der Waals surface area contributed by atoms with E-state index in [0.717, 1.165) is 63.4 Å². The summed E-state index contributed by atoms with van der Waals surface area (Å²) in [5.74, 6) is 0. The van der Waals surface area contributed by atoms with Gasteiger partial charge in [-0.25, -0.2) is 8.42 Å². The van der Waals surface area contributed by atoms with E-state index in [4.69, 9.17) is 4.74 Å². The average molecular weight is 430 g/mol. The molecule has 30 heavy (non-hydrogen) atoms. The molecule has 2 aromatic rings. The van der Waals surface area contributed by atoms with E-state index in [1.807, 2.05) is 30.3 Å². The fraction of sp³-hybridized carbons (Fsp3) is 0.478. The molecule has 0 amide bonds. The van der Waals surface area contributed by atoms with Crippen molar-refractivity contribution in [2.75, 3.05) is 53.0 Å². The molecule has 7 heteroatoms. The van der Waals surface area contributed by atoms with Gasteiger partial charge in [-0.15, -0.1) is 0 Å². The summed E-state index contributed by atoms with van der Waals surface area (Å²) in [6.45, 7) is 7.75. The lowest BCUT2D eigenvalue weighted by molar-refractivity contribution is 0.0938. The summed E-state index contributed by atoms with van der Waals surface area (Å²) in [6, 6.07) is 15.5. The number of sulfonamides is 1. The molecule has 4 rings (SSSR count). The third-order valence-corrected chi connectivity index (χ3v) is 8.00. The molecule has 162 valence electrons. The summed E-state index contributed by atoms with van der Waals surface area (Å²) in [5.41, 5.74) is 3.51. The van der Waals surface area contributed by atoms with Gasteiger partial charge in [0.2, 0.25) is 10.0 Å². The van der Waals surface area contributed by atoms with Crippen LogP contribution in [0.3, 0.4) is 0 Å². The van der Waals surface area contributed by atoms with Crippen molar-refractivity contribution in [1.29, 1.82) is 0 Å². The first-order chi connectivity index (χ1) is 14.6. The lowest BCUT2D eigenvalue weighted by Crippen LogP contribution is -2.46. The van der Waals surface area contributed by atoms with E-state index in [2.05, 4.69) is 15.9 Å². The van der Waals surface area contributed by atoms with Crippen LogP contribution in [0.15, 0.2) is 53.4 Å². The van der Waals surface area contributed by atoms with Crippen LogP contribution >= 0.6 is 0 Å². The van der Waals surface area contributed by atoms with Crippen LogP contribution in [0.4, 0.5) is 0 Å². The first-order valence-corrected chi connectivity index (χ1v) is 12.1. The molecule has 0 N–H and O–H groups in total. The molecule has 2 heterocycles. The van der Waals surface area contributed by atoms with Gasteiger partial charge in [-0.1, -0.05) is 36.4 Å². The number of fused-ring (bicyclic) bond motifs is 1. The molecule has 6 nitrogen and oxygen atoms in total. The Morgan fingerprint density at radius 1 is 0.867 bits per heavy atom. The number of rotatable bonds is 7.